The summed E-state index contributed by atoms with van der Waals surface area (Å²) in [4.78, 5) is 0. The Balaban J connectivity index is 1.65. The van der Waals surface area contributed by atoms with Crippen LogP contribution in [0.4, 0.5) is 0 Å². The van der Waals surface area contributed by atoms with E-state index in [1.54, 1.807) is 0 Å². The second-order valence-electron chi connectivity index (χ2n) is 7.74. The van der Waals surface area contributed by atoms with Gasteiger partial charge in [0.2, 0.25) is 0 Å². The van der Waals surface area contributed by atoms with Crippen LogP contribution in [0.15, 0.2) is 78.9 Å². The minimum atomic E-state index is 1.14. The molecule has 1 aliphatic rings. The molecule has 4 aromatic carbocycles. The zero-order valence-electron chi connectivity index (χ0n) is 15.3. The van der Waals surface area contributed by atoms with Crippen LogP contribution in [0.2, 0.25) is 0 Å². The van der Waals surface area contributed by atoms with Crippen molar-refractivity contribution >= 4 is 53.3 Å². The normalized spacial score (nSPS) is 13.4. The lowest BCUT2D eigenvalue weighted by molar-refractivity contribution is 0.969. The van der Waals surface area contributed by atoms with Crippen molar-refractivity contribution in [3.8, 4) is 5.69 Å². The van der Waals surface area contributed by atoms with Crippen LogP contribution in [0.25, 0.3) is 47.7 Å². The molecule has 1 nitrogen and oxygen atoms in total. The van der Waals surface area contributed by atoms with Gasteiger partial charge in [0.25, 0.3) is 0 Å². The molecule has 0 radical (unpaired) electrons. The molecule has 0 amide bonds. The molecule has 0 atom stereocenters. The van der Waals surface area contributed by atoms with Gasteiger partial charge >= 0.3 is 0 Å². The van der Waals surface area contributed by atoms with Crippen molar-refractivity contribution in [3.05, 3.63) is 90.0 Å². The van der Waals surface area contributed by atoms with E-state index in [0.29, 0.717) is 0 Å². The van der Waals surface area contributed by atoms with Gasteiger partial charge in [-0.05, 0) is 60.4 Å². The van der Waals surface area contributed by atoms with Gasteiger partial charge in [0.1, 0.15) is 0 Å². The second kappa shape index (κ2) is 5.24. The molecular weight excluding hydrogens is 358 g/mol. The molecule has 0 bridgehead atoms. The van der Waals surface area contributed by atoms with Gasteiger partial charge in [0.05, 0.1) is 11.0 Å². The first-order valence-corrected chi connectivity index (χ1v) is 10.7. The van der Waals surface area contributed by atoms with Gasteiger partial charge in [-0.3, -0.25) is 0 Å². The van der Waals surface area contributed by atoms with E-state index in [1.807, 2.05) is 11.3 Å². The molecule has 0 saturated carbocycles. The van der Waals surface area contributed by atoms with Gasteiger partial charge in [0.15, 0.2) is 0 Å². The van der Waals surface area contributed by atoms with Gasteiger partial charge in [-0.25, -0.2) is 0 Å². The van der Waals surface area contributed by atoms with E-state index in [1.165, 1.54) is 58.8 Å². The van der Waals surface area contributed by atoms with Crippen molar-refractivity contribution in [2.24, 2.45) is 0 Å². The summed E-state index contributed by atoms with van der Waals surface area (Å²) in [6.07, 6.45) is 2.28. The fourth-order valence-electron chi connectivity index (χ4n) is 5.07. The highest BCUT2D eigenvalue weighted by Crippen LogP contribution is 2.41. The van der Waals surface area contributed by atoms with E-state index >= 15 is 0 Å². The smallest absolute Gasteiger partial charge is 0.0543 e. The molecular formula is C26H17NS. The minimum Gasteiger partial charge on any atom is -0.309 e. The Morgan fingerprint density at radius 1 is 0.607 bits per heavy atom. The number of hydrogen-bond donors (Lipinski definition) is 0. The number of fused-ring (bicyclic) bond motifs is 3. The van der Waals surface area contributed by atoms with Crippen LogP contribution < -0.4 is 0 Å². The Kier molecular flexibility index (Phi) is 2.79. The molecule has 0 saturated heterocycles. The SMILES string of the molecule is c1ccc2c(c1)sc1ccc(-n3c4cccc5c4c4c(cccc43)CC5)cc12. The summed E-state index contributed by atoms with van der Waals surface area (Å²) >= 11 is 1.88. The van der Waals surface area contributed by atoms with Crippen molar-refractivity contribution in [3.63, 3.8) is 0 Å². The van der Waals surface area contributed by atoms with Crippen LogP contribution in [-0.4, -0.2) is 4.57 Å². The summed E-state index contributed by atoms with van der Waals surface area (Å²) in [5, 5.41) is 5.62. The third-order valence-electron chi connectivity index (χ3n) is 6.27. The monoisotopic (exact) mass is 375 g/mol. The maximum Gasteiger partial charge on any atom is 0.0543 e. The number of benzene rings is 4. The van der Waals surface area contributed by atoms with E-state index in [9.17, 15) is 0 Å². The summed E-state index contributed by atoms with van der Waals surface area (Å²) in [5.41, 5.74) is 6.90. The molecule has 28 heavy (non-hydrogen) atoms. The largest absolute Gasteiger partial charge is 0.309 e. The zero-order valence-corrected chi connectivity index (χ0v) is 16.1. The highest BCUT2D eigenvalue weighted by molar-refractivity contribution is 7.25. The lowest BCUT2D eigenvalue weighted by Crippen LogP contribution is -1.97. The van der Waals surface area contributed by atoms with Crippen LogP contribution in [0.3, 0.4) is 0 Å². The molecule has 2 heterocycles. The van der Waals surface area contributed by atoms with E-state index in [0.717, 1.165) is 12.8 Å². The Labute approximate surface area is 166 Å². The molecule has 0 unspecified atom stereocenters. The lowest BCUT2D eigenvalue weighted by Gasteiger charge is -2.12. The molecule has 6 aromatic rings. The van der Waals surface area contributed by atoms with Crippen LogP contribution in [0, 0.1) is 0 Å². The van der Waals surface area contributed by atoms with Crippen molar-refractivity contribution < 1.29 is 0 Å². The number of hydrogen-bond acceptors (Lipinski definition) is 1. The van der Waals surface area contributed by atoms with Gasteiger partial charge in [-0.2, -0.15) is 0 Å². The van der Waals surface area contributed by atoms with Gasteiger partial charge in [-0.1, -0.05) is 42.5 Å². The molecule has 2 aromatic heterocycles. The third-order valence-corrected chi connectivity index (χ3v) is 7.42. The summed E-state index contributed by atoms with van der Waals surface area (Å²) < 4.78 is 5.19. The van der Waals surface area contributed by atoms with E-state index in [-0.39, 0.29) is 0 Å². The highest BCUT2D eigenvalue weighted by atomic mass is 32.1. The Hall–Kier alpha value is -3.10. The van der Waals surface area contributed by atoms with E-state index < -0.39 is 0 Å². The average molecular weight is 375 g/mol. The number of rotatable bonds is 1. The minimum absolute atomic E-state index is 1.14. The predicted octanol–water partition coefficient (Wildman–Crippen LogP) is 7.25. The number of aryl methyl sites for hydroxylation is 2. The summed E-state index contributed by atoms with van der Waals surface area (Å²) in [6, 6.07) is 29.3. The van der Waals surface area contributed by atoms with Gasteiger partial charge in [-0.15, -0.1) is 11.3 Å². The van der Waals surface area contributed by atoms with Crippen LogP contribution in [0.5, 0.6) is 0 Å². The average Bonchev–Trinajstić information content (AvgIpc) is 3.28. The predicted molar refractivity (Wildman–Crippen MR) is 121 cm³/mol. The van der Waals surface area contributed by atoms with Crippen molar-refractivity contribution in [1.29, 1.82) is 0 Å². The van der Waals surface area contributed by atoms with E-state index in [4.69, 9.17) is 0 Å². The first-order valence-electron chi connectivity index (χ1n) is 9.84. The molecule has 0 aliphatic heterocycles. The fraction of sp³-hybridized carbons (Fsp3) is 0.0769. The van der Waals surface area contributed by atoms with Gasteiger partial charge in [0, 0.05) is 36.6 Å². The first kappa shape index (κ1) is 14.9. The number of nitrogens with zero attached hydrogens (tertiary/aromatic N) is 1. The molecule has 0 spiro atoms. The summed E-state index contributed by atoms with van der Waals surface area (Å²) in [7, 11) is 0. The van der Waals surface area contributed by atoms with Crippen molar-refractivity contribution in [1.82, 2.24) is 4.57 Å². The van der Waals surface area contributed by atoms with Crippen LogP contribution in [0.1, 0.15) is 11.1 Å². The zero-order chi connectivity index (χ0) is 18.2. The fourth-order valence-corrected chi connectivity index (χ4v) is 6.16. The van der Waals surface area contributed by atoms with Crippen molar-refractivity contribution in [2.45, 2.75) is 12.8 Å². The second-order valence-corrected chi connectivity index (χ2v) is 8.82. The molecule has 0 fully saturated rings. The van der Waals surface area contributed by atoms with Crippen LogP contribution >= 0.6 is 11.3 Å². The van der Waals surface area contributed by atoms with E-state index in [2.05, 4.69) is 83.4 Å². The summed E-state index contributed by atoms with van der Waals surface area (Å²) in [6.45, 7) is 0. The lowest BCUT2D eigenvalue weighted by atomic mass is 9.91. The molecule has 0 N–H and O–H groups in total. The number of thiophene rings is 1. The molecule has 1 aliphatic carbocycles. The molecule has 2 heteroatoms. The Bertz CT molecular complexity index is 1500. The van der Waals surface area contributed by atoms with Crippen LogP contribution in [-0.2, 0) is 12.8 Å². The summed E-state index contributed by atoms with van der Waals surface area (Å²) in [5.74, 6) is 0. The Morgan fingerprint density at radius 3 is 2.04 bits per heavy atom. The maximum atomic E-state index is 2.47. The first-order chi connectivity index (χ1) is 13.9. The quantitative estimate of drug-likeness (QED) is 0.285. The maximum absolute atomic E-state index is 2.47. The highest BCUT2D eigenvalue weighted by Gasteiger charge is 2.21. The topological polar surface area (TPSA) is 4.93 Å². The number of aromatic nitrogens is 1. The standard InChI is InChI=1S/C26H17NS/c1-2-10-23-19(7-1)20-15-18(13-14-24(20)28-23)27-21-8-3-5-16-11-12-17-6-4-9-22(27)26(17)25(16)21/h1-10,13-15H,11-12H2. The third kappa shape index (κ3) is 1.81. The molecule has 132 valence electrons. The molecule has 7 rings (SSSR count). The van der Waals surface area contributed by atoms with Crippen molar-refractivity contribution in [2.75, 3.05) is 0 Å². The van der Waals surface area contributed by atoms with Gasteiger partial charge < -0.3 is 4.57 Å². The Morgan fingerprint density at radius 2 is 1.29 bits per heavy atom.